The van der Waals surface area contributed by atoms with Gasteiger partial charge >= 0.3 is 0 Å². The summed E-state index contributed by atoms with van der Waals surface area (Å²) in [5.74, 6) is 0.874. The van der Waals surface area contributed by atoms with Crippen LogP contribution in [0.2, 0.25) is 0 Å². The summed E-state index contributed by atoms with van der Waals surface area (Å²) in [4.78, 5) is 11.4. The maximum atomic E-state index is 11.4. The van der Waals surface area contributed by atoms with E-state index in [1.807, 2.05) is 37.3 Å². The van der Waals surface area contributed by atoms with Crippen LogP contribution in [0.5, 0.6) is 0 Å². The molecular weight excluding hydrogens is 228 g/mol. The minimum absolute atomic E-state index is 0.0129. The molecule has 96 valence electrons. The fraction of sp³-hybridized carbons (Fsp3) is 0.357. The lowest BCUT2D eigenvalue weighted by atomic mass is 10.2. The molecule has 0 aliphatic heterocycles. The summed E-state index contributed by atoms with van der Waals surface area (Å²) < 4.78 is 5.65. The first-order chi connectivity index (χ1) is 8.65. The summed E-state index contributed by atoms with van der Waals surface area (Å²) in [7, 11) is 0. The van der Waals surface area contributed by atoms with Gasteiger partial charge in [-0.3, -0.25) is 4.79 Å². The van der Waals surface area contributed by atoms with Gasteiger partial charge in [0.25, 0.3) is 0 Å². The van der Waals surface area contributed by atoms with Crippen molar-refractivity contribution in [1.82, 2.24) is 5.32 Å². The van der Waals surface area contributed by atoms with Crippen molar-refractivity contribution >= 4 is 16.9 Å². The largest absolute Gasteiger partial charge is 0.461 e. The highest BCUT2D eigenvalue weighted by Crippen LogP contribution is 2.18. The number of hydrogen-bond acceptors (Lipinski definition) is 3. The van der Waals surface area contributed by atoms with Crippen molar-refractivity contribution in [2.24, 2.45) is 5.73 Å². The number of furan rings is 1. The average molecular weight is 246 g/mol. The molecule has 2 rings (SSSR count). The zero-order valence-electron chi connectivity index (χ0n) is 10.5. The van der Waals surface area contributed by atoms with Crippen LogP contribution in [0.1, 0.15) is 19.1 Å². The number of amides is 1. The Morgan fingerprint density at radius 3 is 2.94 bits per heavy atom. The summed E-state index contributed by atoms with van der Waals surface area (Å²) >= 11 is 0. The van der Waals surface area contributed by atoms with Gasteiger partial charge in [0.2, 0.25) is 5.91 Å². The lowest BCUT2D eigenvalue weighted by Gasteiger charge is -2.05. The third-order valence-electron chi connectivity index (χ3n) is 2.68. The second kappa shape index (κ2) is 5.69. The number of nitrogens with two attached hydrogens (primary N) is 1. The van der Waals surface area contributed by atoms with Crippen molar-refractivity contribution in [1.29, 1.82) is 0 Å². The van der Waals surface area contributed by atoms with Gasteiger partial charge in [0.15, 0.2) is 0 Å². The van der Waals surface area contributed by atoms with Gasteiger partial charge in [-0.05, 0) is 19.1 Å². The monoisotopic (exact) mass is 246 g/mol. The summed E-state index contributed by atoms with van der Waals surface area (Å²) in [6.45, 7) is 2.39. The predicted octanol–water partition coefficient (Wildman–Crippen LogP) is 1.83. The maximum absolute atomic E-state index is 11.4. The van der Waals surface area contributed by atoms with Crippen molar-refractivity contribution in [3.63, 3.8) is 0 Å². The molecule has 0 fully saturated rings. The van der Waals surface area contributed by atoms with Crippen LogP contribution in [0, 0.1) is 0 Å². The molecule has 2 aromatic rings. The SMILES string of the molecule is CC(N)CC(=O)NCCc1cc2ccccc2o1. The Morgan fingerprint density at radius 2 is 2.22 bits per heavy atom. The van der Waals surface area contributed by atoms with E-state index in [0.717, 1.165) is 16.7 Å². The standard InChI is InChI=1S/C14H18N2O2/c1-10(15)8-14(17)16-7-6-12-9-11-4-2-3-5-13(11)18-12/h2-5,9-10H,6-8,15H2,1H3,(H,16,17). The first kappa shape index (κ1) is 12.6. The van der Waals surface area contributed by atoms with Crippen molar-refractivity contribution in [2.75, 3.05) is 6.54 Å². The minimum atomic E-state index is -0.101. The maximum Gasteiger partial charge on any atom is 0.221 e. The van der Waals surface area contributed by atoms with Crippen molar-refractivity contribution in [3.8, 4) is 0 Å². The molecule has 4 heteroatoms. The van der Waals surface area contributed by atoms with E-state index in [2.05, 4.69) is 5.32 Å². The number of fused-ring (bicyclic) bond motifs is 1. The topological polar surface area (TPSA) is 68.3 Å². The number of carbonyl (C=O) groups is 1. The van der Waals surface area contributed by atoms with Crippen LogP contribution in [-0.4, -0.2) is 18.5 Å². The fourth-order valence-electron chi connectivity index (χ4n) is 1.85. The number of para-hydroxylation sites is 1. The molecule has 1 heterocycles. The van der Waals surface area contributed by atoms with E-state index >= 15 is 0 Å². The molecule has 1 aromatic carbocycles. The number of benzene rings is 1. The molecule has 18 heavy (non-hydrogen) atoms. The van der Waals surface area contributed by atoms with E-state index in [1.165, 1.54) is 0 Å². The van der Waals surface area contributed by atoms with E-state index in [-0.39, 0.29) is 11.9 Å². The molecule has 1 aromatic heterocycles. The smallest absolute Gasteiger partial charge is 0.221 e. The van der Waals surface area contributed by atoms with Crippen LogP contribution < -0.4 is 11.1 Å². The first-order valence-electron chi connectivity index (χ1n) is 6.15. The number of hydrogen-bond donors (Lipinski definition) is 2. The molecule has 0 spiro atoms. The van der Waals surface area contributed by atoms with Gasteiger partial charge in [-0.1, -0.05) is 18.2 Å². The van der Waals surface area contributed by atoms with E-state index < -0.39 is 0 Å². The van der Waals surface area contributed by atoms with Gasteiger partial charge < -0.3 is 15.5 Å². The van der Waals surface area contributed by atoms with E-state index in [0.29, 0.717) is 19.4 Å². The summed E-state index contributed by atoms with van der Waals surface area (Å²) in [5, 5.41) is 3.92. The molecule has 0 radical (unpaired) electrons. The predicted molar refractivity (Wildman–Crippen MR) is 71.2 cm³/mol. The van der Waals surface area contributed by atoms with Gasteiger partial charge in [-0.15, -0.1) is 0 Å². The van der Waals surface area contributed by atoms with Crippen molar-refractivity contribution in [2.45, 2.75) is 25.8 Å². The summed E-state index contributed by atoms with van der Waals surface area (Å²) in [6, 6.07) is 9.78. The van der Waals surface area contributed by atoms with Crippen LogP contribution in [0.3, 0.4) is 0 Å². The van der Waals surface area contributed by atoms with Crippen LogP contribution in [0.25, 0.3) is 11.0 Å². The molecular formula is C14H18N2O2. The second-order valence-electron chi connectivity index (χ2n) is 4.53. The lowest BCUT2D eigenvalue weighted by Crippen LogP contribution is -2.31. The lowest BCUT2D eigenvalue weighted by molar-refractivity contribution is -0.121. The first-order valence-corrected chi connectivity index (χ1v) is 6.15. The summed E-state index contributed by atoms with van der Waals surface area (Å²) in [6.07, 6.45) is 1.06. The Bertz CT molecular complexity index is 498. The molecule has 1 atom stereocenters. The summed E-state index contributed by atoms with van der Waals surface area (Å²) in [5.41, 5.74) is 6.43. The van der Waals surface area contributed by atoms with Crippen LogP contribution >= 0.6 is 0 Å². The highest BCUT2D eigenvalue weighted by atomic mass is 16.3. The van der Waals surface area contributed by atoms with E-state index in [4.69, 9.17) is 10.2 Å². The molecule has 0 aliphatic rings. The Labute approximate surface area is 106 Å². The van der Waals surface area contributed by atoms with E-state index in [1.54, 1.807) is 0 Å². The average Bonchev–Trinajstić information content (AvgIpc) is 2.70. The van der Waals surface area contributed by atoms with Crippen LogP contribution in [-0.2, 0) is 11.2 Å². The van der Waals surface area contributed by atoms with Gasteiger partial charge in [0.05, 0.1) is 0 Å². The Kier molecular flexibility index (Phi) is 3.99. The van der Waals surface area contributed by atoms with Crippen molar-refractivity contribution < 1.29 is 9.21 Å². The Hall–Kier alpha value is -1.81. The highest BCUT2D eigenvalue weighted by Gasteiger charge is 2.06. The molecule has 4 nitrogen and oxygen atoms in total. The third kappa shape index (κ3) is 3.34. The number of nitrogens with one attached hydrogen (secondary N) is 1. The van der Waals surface area contributed by atoms with Crippen molar-refractivity contribution in [3.05, 3.63) is 36.1 Å². The fourth-order valence-corrected chi connectivity index (χ4v) is 1.85. The van der Waals surface area contributed by atoms with E-state index in [9.17, 15) is 4.79 Å². The normalized spacial score (nSPS) is 12.6. The molecule has 0 saturated heterocycles. The molecule has 1 unspecified atom stereocenters. The van der Waals surface area contributed by atoms with Crippen LogP contribution in [0.15, 0.2) is 34.7 Å². The Balaban J connectivity index is 1.85. The molecule has 3 N–H and O–H groups in total. The van der Waals surface area contributed by atoms with Gasteiger partial charge in [-0.25, -0.2) is 0 Å². The van der Waals surface area contributed by atoms with Gasteiger partial charge in [0, 0.05) is 30.8 Å². The Morgan fingerprint density at radius 1 is 1.44 bits per heavy atom. The molecule has 0 aliphatic carbocycles. The molecule has 0 saturated carbocycles. The molecule has 0 bridgehead atoms. The van der Waals surface area contributed by atoms with Gasteiger partial charge in [-0.2, -0.15) is 0 Å². The zero-order valence-corrected chi connectivity index (χ0v) is 10.5. The third-order valence-corrected chi connectivity index (χ3v) is 2.68. The minimum Gasteiger partial charge on any atom is -0.461 e. The van der Waals surface area contributed by atoms with Crippen LogP contribution in [0.4, 0.5) is 0 Å². The number of rotatable bonds is 5. The quantitative estimate of drug-likeness (QED) is 0.845. The zero-order chi connectivity index (χ0) is 13.0. The highest BCUT2D eigenvalue weighted by molar-refractivity contribution is 5.78. The second-order valence-corrected chi connectivity index (χ2v) is 4.53. The number of carbonyl (C=O) groups excluding carboxylic acids is 1. The van der Waals surface area contributed by atoms with Gasteiger partial charge in [0.1, 0.15) is 11.3 Å². The molecule has 1 amide bonds.